The Morgan fingerprint density at radius 1 is 1.04 bits per heavy atom. The van der Waals surface area contributed by atoms with Gasteiger partial charge in [-0.2, -0.15) is 0 Å². The summed E-state index contributed by atoms with van der Waals surface area (Å²) in [5.74, 6) is -0.867. The molecule has 3 rings (SSSR count). The highest BCUT2D eigenvalue weighted by molar-refractivity contribution is 6.07. The molecule has 0 spiro atoms. The van der Waals surface area contributed by atoms with Gasteiger partial charge < -0.3 is 15.7 Å². The number of pyridine rings is 2. The number of carboxylic acids is 1. The van der Waals surface area contributed by atoms with Crippen molar-refractivity contribution >= 4 is 35.8 Å². The van der Waals surface area contributed by atoms with Gasteiger partial charge in [-0.1, -0.05) is 0 Å². The number of aromatic nitrogens is 2. The first-order valence-electron chi connectivity index (χ1n) is 8.27. The molecule has 0 fully saturated rings. The van der Waals surface area contributed by atoms with Gasteiger partial charge in [0.1, 0.15) is 5.82 Å². The molecule has 2 aromatic heterocycles. The van der Waals surface area contributed by atoms with E-state index in [-0.39, 0.29) is 23.9 Å². The lowest BCUT2D eigenvalue weighted by atomic mass is 10.1. The monoisotopic (exact) mass is 398 g/mol. The van der Waals surface area contributed by atoms with Crippen LogP contribution in [-0.2, 0) is 6.54 Å². The molecule has 0 aliphatic heterocycles. The van der Waals surface area contributed by atoms with Crippen molar-refractivity contribution in [2.45, 2.75) is 13.5 Å². The van der Waals surface area contributed by atoms with Crippen molar-refractivity contribution in [3.8, 4) is 0 Å². The smallest absolute Gasteiger partial charge is 0.335 e. The molecule has 1 aromatic carbocycles. The number of anilines is 2. The second-order valence-corrected chi connectivity index (χ2v) is 5.90. The number of rotatable bonds is 6. The van der Waals surface area contributed by atoms with Crippen LogP contribution in [0.4, 0.5) is 11.5 Å². The summed E-state index contributed by atoms with van der Waals surface area (Å²) in [6.07, 6.45) is 5.01. The first kappa shape index (κ1) is 20.9. The van der Waals surface area contributed by atoms with Crippen LogP contribution < -0.4 is 10.6 Å². The van der Waals surface area contributed by atoms with E-state index in [2.05, 4.69) is 20.6 Å². The van der Waals surface area contributed by atoms with Crippen LogP contribution in [0.5, 0.6) is 0 Å². The van der Waals surface area contributed by atoms with Gasteiger partial charge in [-0.3, -0.25) is 9.78 Å². The Balaban J connectivity index is 0.00000280. The maximum atomic E-state index is 12.7. The molecule has 1 amide bonds. The van der Waals surface area contributed by atoms with Gasteiger partial charge in [0.2, 0.25) is 0 Å². The Labute approximate surface area is 168 Å². The van der Waals surface area contributed by atoms with Crippen LogP contribution in [0.25, 0.3) is 0 Å². The van der Waals surface area contributed by atoms with E-state index in [9.17, 15) is 9.59 Å². The van der Waals surface area contributed by atoms with E-state index in [1.54, 1.807) is 49.8 Å². The number of amides is 1. The molecule has 0 saturated heterocycles. The largest absolute Gasteiger partial charge is 0.478 e. The number of carbonyl (C=O) groups is 2. The predicted octanol–water partition coefficient (Wildman–Crippen LogP) is 3.77. The van der Waals surface area contributed by atoms with Gasteiger partial charge in [0.15, 0.2) is 0 Å². The molecule has 8 heteroatoms. The van der Waals surface area contributed by atoms with Crippen LogP contribution in [0.1, 0.15) is 31.8 Å². The quantitative estimate of drug-likeness (QED) is 0.583. The van der Waals surface area contributed by atoms with E-state index < -0.39 is 5.97 Å². The van der Waals surface area contributed by atoms with E-state index in [1.807, 2.05) is 12.1 Å². The van der Waals surface area contributed by atoms with Crippen LogP contribution in [0.15, 0.2) is 61.1 Å². The van der Waals surface area contributed by atoms with Gasteiger partial charge in [-0.25, -0.2) is 9.78 Å². The van der Waals surface area contributed by atoms with Crippen molar-refractivity contribution in [2.75, 3.05) is 10.6 Å². The zero-order valence-corrected chi connectivity index (χ0v) is 15.9. The summed E-state index contributed by atoms with van der Waals surface area (Å²) in [5, 5.41) is 15.0. The number of carboxylic acid groups (broad SMARTS) is 1. The summed E-state index contributed by atoms with van der Waals surface area (Å²) in [6.45, 7) is 2.19. The molecule has 7 nitrogen and oxygen atoms in total. The third-order valence-electron chi connectivity index (χ3n) is 3.98. The number of benzene rings is 1. The molecule has 0 unspecified atom stereocenters. The van der Waals surface area contributed by atoms with Crippen molar-refractivity contribution < 1.29 is 14.7 Å². The van der Waals surface area contributed by atoms with E-state index in [4.69, 9.17) is 5.11 Å². The third-order valence-corrected chi connectivity index (χ3v) is 3.98. The number of nitrogens with one attached hydrogen (secondary N) is 2. The Morgan fingerprint density at radius 3 is 2.46 bits per heavy atom. The van der Waals surface area contributed by atoms with E-state index in [0.717, 1.165) is 5.56 Å². The first-order valence-corrected chi connectivity index (χ1v) is 8.27. The highest BCUT2D eigenvalue weighted by Gasteiger charge is 2.14. The second-order valence-electron chi connectivity index (χ2n) is 5.90. The topological polar surface area (TPSA) is 104 Å². The van der Waals surface area contributed by atoms with Crippen molar-refractivity contribution in [1.82, 2.24) is 9.97 Å². The Bertz CT molecular complexity index is 980. The molecule has 28 heavy (non-hydrogen) atoms. The van der Waals surface area contributed by atoms with Crippen LogP contribution in [-0.4, -0.2) is 27.0 Å². The maximum absolute atomic E-state index is 12.7. The van der Waals surface area contributed by atoms with Crippen molar-refractivity contribution in [3.05, 3.63) is 83.3 Å². The fourth-order valence-electron chi connectivity index (χ4n) is 2.60. The summed E-state index contributed by atoms with van der Waals surface area (Å²) in [5.41, 5.74) is 2.71. The summed E-state index contributed by atoms with van der Waals surface area (Å²) in [6, 6.07) is 11.8. The summed E-state index contributed by atoms with van der Waals surface area (Å²) >= 11 is 0. The minimum Gasteiger partial charge on any atom is -0.478 e. The molecule has 0 aliphatic carbocycles. The molecule has 0 bridgehead atoms. The molecule has 144 valence electrons. The molecule has 0 radical (unpaired) electrons. The average molecular weight is 399 g/mol. The summed E-state index contributed by atoms with van der Waals surface area (Å²) < 4.78 is 0. The number of carbonyl (C=O) groups excluding carboxylic acids is 1. The minimum absolute atomic E-state index is 0. The Kier molecular flexibility index (Phi) is 7.06. The predicted molar refractivity (Wildman–Crippen MR) is 109 cm³/mol. The average Bonchev–Trinajstić information content (AvgIpc) is 2.67. The normalized spacial score (nSPS) is 9.89. The van der Waals surface area contributed by atoms with E-state index >= 15 is 0 Å². The molecule has 0 saturated carbocycles. The molecule has 3 N–H and O–H groups in total. The summed E-state index contributed by atoms with van der Waals surface area (Å²) in [7, 11) is 0. The fraction of sp³-hybridized carbons (Fsp3) is 0.100. The zero-order chi connectivity index (χ0) is 19.2. The van der Waals surface area contributed by atoms with E-state index in [0.29, 0.717) is 29.2 Å². The van der Waals surface area contributed by atoms with Crippen LogP contribution in [0.3, 0.4) is 0 Å². The van der Waals surface area contributed by atoms with Gasteiger partial charge >= 0.3 is 5.97 Å². The first-order chi connectivity index (χ1) is 13.0. The van der Waals surface area contributed by atoms with Crippen LogP contribution in [0.2, 0.25) is 0 Å². The fourth-order valence-corrected chi connectivity index (χ4v) is 2.60. The molecular formula is C20H19ClN4O3. The molecule has 2 heterocycles. The lowest BCUT2D eigenvalue weighted by Gasteiger charge is -2.12. The van der Waals surface area contributed by atoms with Crippen molar-refractivity contribution in [2.24, 2.45) is 0 Å². The number of hydrogen-bond acceptors (Lipinski definition) is 5. The summed E-state index contributed by atoms with van der Waals surface area (Å²) in [4.78, 5) is 32.0. The standard InChI is InChI=1S/C20H18N4O3.ClH/c1-13-11-15(4-5-16(13)20(26)27)24-19(25)17-3-2-8-22-18(17)23-12-14-6-9-21-10-7-14;/h2-11H,12H2,1H3,(H,22,23)(H,24,25)(H,26,27);1H. The van der Waals surface area contributed by atoms with Gasteiger partial charge in [0.05, 0.1) is 11.1 Å². The van der Waals surface area contributed by atoms with Crippen LogP contribution >= 0.6 is 12.4 Å². The zero-order valence-electron chi connectivity index (χ0n) is 15.0. The molecule has 3 aromatic rings. The Hall–Kier alpha value is -3.45. The molecular weight excluding hydrogens is 380 g/mol. The van der Waals surface area contributed by atoms with Gasteiger partial charge in [0.25, 0.3) is 5.91 Å². The number of hydrogen-bond donors (Lipinski definition) is 3. The second kappa shape index (κ2) is 9.48. The number of halogens is 1. The van der Waals surface area contributed by atoms with Crippen molar-refractivity contribution in [1.29, 1.82) is 0 Å². The SMILES string of the molecule is Cc1cc(NC(=O)c2cccnc2NCc2ccncc2)ccc1C(=O)O.Cl. The molecule has 0 atom stereocenters. The van der Waals surface area contributed by atoms with Gasteiger partial charge in [-0.15, -0.1) is 12.4 Å². The maximum Gasteiger partial charge on any atom is 0.335 e. The van der Waals surface area contributed by atoms with Gasteiger partial charge in [-0.05, 0) is 60.5 Å². The highest BCUT2D eigenvalue weighted by atomic mass is 35.5. The number of aryl methyl sites for hydroxylation is 1. The number of nitrogens with zero attached hydrogens (tertiary/aromatic N) is 2. The van der Waals surface area contributed by atoms with Gasteiger partial charge in [0, 0.05) is 30.8 Å². The lowest BCUT2D eigenvalue weighted by molar-refractivity contribution is 0.0696. The number of aromatic carboxylic acids is 1. The Morgan fingerprint density at radius 2 is 1.79 bits per heavy atom. The van der Waals surface area contributed by atoms with Crippen molar-refractivity contribution in [3.63, 3.8) is 0 Å². The third kappa shape index (κ3) is 5.05. The van der Waals surface area contributed by atoms with E-state index in [1.165, 1.54) is 6.07 Å². The highest BCUT2D eigenvalue weighted by Crippen LogP contribution is 2.19. The lowest BCUT2D eigenvalue weighted by Crippen LogP contribution is -2.16. The van der Waals surface area contributed by atoms with Crippen LogP contribution in [0, 0.1) is 6.92 Å². The molecule has 0 aliphatic rings. The minimum atomic E-state index is -1.000.